The number of carbonyl (C=O) groups is 2. The molecule has 0 atom stereocenters. The van der Waals surface area contributed by atoms with Gasteiger partial charge in [0.2, 0.25) is 11.8 Å². The number of hydrogen-bond acceptors (Lipinski definition) is 4. The number of nitrogens with zero attached hydrogens (tertiary/aromatic N) is 1. The van der Waals surface area contributed by atoms with E-state index in [-0.39, 0.29) is 24.5 Å². The molecule has 0 heterocycles. The van der Waals surface area contributed by atoms with Gasteiger partial charge in [0.1, 0.15) is 5.75 Å². The van der Waals surface area contributed by atoms with Crippen LogP contribution in [0.1, 0.15) is 33.3 Å². The summed E-state index contributed by atoms with van der Waals surface area (Å²) in [6.07, 6.45) is 0.0972. The van der Waals surface area contributed by atoms with Gasteiger partial charge in [-0.2, -0.15) is 0 Å². The fourth-order valence-electron chi connectivity index (χ4n) is 2.77. The van der Waals surface area contributed by atoms with Gasteiger partial charge in [-0.1, -0.05) is 25.1 Å². The van der Waals surface area contributed by atoms with Crippen LogP contribution in [0.2, 0.25) is 0 Å². The van der Waals surface area contributed by atoms with Gasteiger partial charge in [-0.3, -0.25) is 14.5 Å². The van der Waals surface area contributed by atoms with Crippen LogP contribution < -0.4 is 15.4 Å². The molecule has 0 bridgehead atoms. The second-order valence-corrected chi connectivity index (χ2v) is 6.88. The molecule has 0 radical (unpaired) electrons. The minimum atomic E-state index is -0.128. The molecule has 0 aliphatic heterocycles. The molecular formula is C22H29N3O3. The smallest absolute Gasteiger partial charge is 0.238 e. The van der Waals surface area contributed by atoms with Crippen molar-refractivity contribution in [1.82, 2.24) is 4.90 Å². The topological polar surface area (TPSA) is 70.7 Å². The maximum absolute atomic E-state index is 12.4. The summed E-state index contributed by atoms with van der Waals surface area (Å²) in [6.45, 7) is 9.14. The lowest BCUT2D eigenvalue weighted by Gasteiger charge is -2.22. The maximum Gasteiger partial charge on any atom is 0.238 e. The Balaban J connectivity index is 1.95. The minimum Gasteiger partial charge on any atom is -0.491 e. The zero-order chi connectivity index (χ0) is 20.5. The van der Waals surface area contributed by atoms with Gasteiger partial charge in [-0.05, 0) is 50.7 Å². The third-order valence-corrected chi connectivity index (χ3v) is 4.03. The Morgan fingerprint density at radius 3 is 2.18 bits per heavy atom. The summed E-state index contributed by atoms with van der Waals surface area (Å²) in [4.78, 5) is 25.6. The number of carbonyl (C=O) groups excluding carboxylic acids is 2. The van der Waals surface area contributed by atoms with E-state index in [1.807, 2.05) is 45.0 Å². The van der Waals surface area contributed by atoms with E-state index in [1.165, 1.54) is 6.92 Å². The Labute approximate surface area is 166 Å². The molecule has 0 aliphatic rings. The number of para-hydroxylation sites is 1. The molecular weight excluding hydrogens is 354 g/mol. The predicted molar refractivity (Wildman–Crippen MR) is 113 cm³/mol. The fourth-order valence-corrected chi connectivity index (χ4v) is 2.77. The molecule has 0 spiro atoms. The van der Waals surface area contributed by atoms with Crippen molar-refractivity contribution >= 4 is 23.2 Å². The van der Waals surface area contributed by atoms with Gasteiger partial charge in [0.05, 0.1) is 12.6 Å². The Kier molecular flexibility index (Phi) is 8.02. The van der Waals surface area contributed by atoms with E-state index in [4.69, 9.17) is 4.74 Å². The van der Waals surface area contributed by atoms with E-state index < -0.39 is 0 Å². The monoisotopic (exact) mass is 383 g/mol. The second-order valence-electron chi connectivity index (χ2n) is 6.88. The summed E-state index contributed by atoms with van der Waals surface area (Å²) in [5.41, 5.74) is 2.45. The number of nitrogens with one attached hydrogen (secondary N) is 2. The molecule has 6 heteroatoms. The van der Waals surface area contributed by atoms with Crippen molar-refractivity contribution in [2.24, 2.45) is 0 Å². The first-order valence-corrected chi connectivity index (χ1v) is 9.51. The molecule has 2 aromatic rings. The Hall–Kier alpha value is -2.86. The summed E-state index contributed by atoms with van der Waals surface area (Å²) in [5.74, 6) is 0.637. The summed E-state index contributed by atoms with van der Waals surface area (Å²) in [6, 6.07) is 15.0. The molecule has 0 fully saturated rings. The molecule has 6 nitrogen and oxygen atoms in total. The Bertz CT molecular complexity index is 788. The zero-order valence-electron chi connectivity index (χ0n) is 17.0. The van der Waals surface area contributed by atoms with Crippen LogP contribution in [0.15, 0.2) is 48.5 Å². The van der Waals surface area contributed by atoms with Gasteiger partial charge >= 0.3 is 0 Å². The standard InChI is InChI=1S/C22H29N3O3/c1-5-25(14-18-8-6-7-9-21(18)28-16(2)3)15-22(27)24-20-12-10-19(11-13-20)23-17(4)26/h6-13,16H,5,14-15H2,1-4H3,(H,23,26)(H,24,27). The number of amides is 2. The van der Waals surface area contributed by atoms with E-state index in [0.717, 1.165) is 17.9 Å². The second kappa shape index (κ2) is 10.5. The largest absolute Gasteiger partial charge is 0.491 e. The van der Waals surface area contributed by atoms with Crippen molar-refractivity contribution in [1.29, 1.82) is 0 Å². The first-order valence-electron chi connectivity index (χ1n) is 9.51. The van der Waals surface area contributed by atoms with Gasteiger partial charge in [0.25, 0.3) is 0 Å². The molecule has 2 amide bonds. The highest BCUT2D eigenvalue weighted by atomic mass is 16.5. The van der Waals surface area contributed by atoms with Crippen molar-refractivity contribution in [3.8, 4) is 5.75 Å². The number of anilines is 2. The molecule has 0 unspecified atom stereocenters. The first kappa shape index (κ1) is 21.4. The highest BCUT2D eigenvalue weighted by Gasteiger charge is 2.13. The average molecular weight is 383 g/mol. The van der Waals surface area contributed by atoms with Crippen LogP contribution in [-0.2, 0) is 16.1 Å². The van der Waals surface area contributed by atoms with Crippen LogP contribution in [-0.4, -0.2) is 35.9 Å². The summed E-state index contributed by atoms with van der Waals surface area (Å²) in [7, 11) is 0. The van der Waals surface area contributed by atoms with Crippen LogP contribution in [0.3, 0.4) is 0 Å². The third kappa shape index (κ3) is 7.04. The Morgan fingerprint density at radius 2 is 1.61 bits per heavy atom. The number of hydrogen-bond donors (Lipinski definition) is 2. The first-order chi connectivity index (χ1) is 13.4. The zero-order valence-corrected chi connectivity index (χ0v) is 17.0. The molecule has 2 aromatic carbocycles. The molecule has 0 aliphatic carbocycles. The van der Waals surface area contributed by atoms with Crippen LogP contribution in [0.4, 0.5) is 11.4 Å². The number of rotatable bonds is 9. The van der Waals surface area contributed by atoms with Gasteiger partial charge in [0.15, 0.2) is 0 Å². The van der Waals surface area contributed by atoms with Crippen molar-refractivity contribution in [2.45, 2.75) is 40.3 Å². The Morgan fingerprint density at radius 1 is 1.00 bits per heavy atom. The van der Waals surface area contributed by atoms with Gasteiger partial charge in [-0.15, -0.1) is 0 Å². The SMILES string of the molecule is CCN(CC(=O)Nc1ccc(NC(C)=O)cc1)Cc1ccccc1OC(C)C. The maximum atomic E-state index is 12.4. The quantitative estimate of drug-likeness (QED) is 0.689. The number of ether oxygens (including phenoxy) is 1. The number of likely N-dealkylation sites (N-methyl/N-ethyl adjacent to an activating group) is 1. The van der Waals surface area contributed by atoms with Crippen LogP contribution >= 0.6 is 0 Å². The van der Waals surface area contributed by atoms with E-state index in [0.29, 0.717) is 17.9 Å². The fraction of sp³-hybridized carbons (Fsp3) is 0.364. The van der Waals surface area contributed by atoms with E-state index in [1.54, 1.807) is 24.3 Å². The van der Waals surface area contributed by atoms with E-state index in [9.17, 15) is 9.59 Å². The molecule has 150 valence electrons. The highest BCUT2D eigenvalue weighted by Crippen LogP contribution is 2.21. The van der Waals surface area contributed by atoms with Gasteiger partial charge in [0, 0.05) is 30.4 Å². The molecule has 2 rings (SSSR count). The van der Waals surface area contributed by atoms with Crippen molar-refractivity contribution in [2.75, 3.05) is 23.7 Å². The van der Waals surface area contributed by atoms with Crippen LogP contribution in [0, 0.1) is 0 Å². The van der Waals surface area contributed by atoms with Crippen molar-refractivity contribution in [3.63, 3.8) is 0 Å². The number of benzene rings is 2. The molecule has 0 saturated carbocycles. The van der Waals surface area contributed by atoms with Crippen LogP contribution in [0.25, 0.3) is 0 Å². The normalized spacial score (nSPS) is 10.8. The highest BCUT2D eigenvalue weighted by molar-refractivity contribution is 5.93. The third-order valence-electron chi connectivity index (χ3n) is 4.03. The predicted octanol–water partition coefficient (Wildman–Crippen LogP) is 3.89. The minimum absolute atomic E-state index is 0.0867. The summed E-state index contributed by atoms with van der Waals surface area (Å²) >= 11 is 0. The lowest BCUT2D eigenvalue weighted by atomic mass is 10.2. The molecule has 28 heavy (non-hydrogen) atoms. The molecule has 0 aromatic heterocycles. The van der Waals surface area contributed by atoms with E-state index in [2.05, 4.69) is 15.5 Å². The van der Waals surface area contributed by atoms with Gasteiger partial charge in [-0.25, -0.2) is 0 Å². The lowest BCUT2D eigenvalue weighted by Crippen LogP contribution is -2.33. The summed E-state index contributed by atoms with van der Waals surface area (Å²) < 4.78 is 5.87. The van der Waals surface area contributed by atoms with Gasteiger partial charge < -0.3 is 15.4 Å². The van der Waals surface area contributed by atoms with Crippen LogP contribution in [0.5, 0.6) is 5.75 Å². The van der Waals surface area contributed by atoms with Crippen molar-refractivity contribution < 1.29 is 14.3 Å². The summed E-state index contributed by atoms with van der Waals surface area (Å²) in [5, 5.41) is 5.60. The van der Waals surface area contributed by atoms with Crippen molar-refractivity contribution in [3.05, 3.63) is 54.1 Å². The molecule has 0 saturated heterocycles. The lowest BCUT2D eigenvalue weighted by molar-refractivity contribution is -0.117. The van der Waals surface area contributed by atoms with E-state index >= 15 is 0 Å². The average Bonchev–Trinajstić information content (AvgIpc) is 2.63. The molecule has 2 N–H and O–H groups in total.